The van der Waals surface area contributed by atoms with Gasteiger partial charge in [-0.1, -0.05) is 35.3 Å². The molecule has 0 saturated heterocycles. The average molecular weight is 325 g/mol. The number of nitrogens with zero attached hydrogens (tertiary/aromatic N) is 2. The zero-order valence-corrected chi connectivity index (χ0v) is 12.4. The third-order valence-corrected chi connectivity index (χ3v) is 3.95. The van der Waals surface area contributed by atoms with Crippen LogP contribution in [0.15, 0.2) is 36.4 Å². The Balaban J connectivity index is 2.32. The monoisotopic (exact) mass is 324 g/mol. The number of halogens is 3. The Morgan fingerprint density at radius 3 is 2.57 bits per heavy atom. The van der Waals surface area contributed by atoms with E-state index in [0.29, 0.717) is 32.5 Å². The van der Waals surface area contributed by atoms with Crippen molar-refractivity contribution in [2.24, 2.45) is 0 Å². The van der Waals surface area contributed by atoms with Crippen molar-refractivity contribution < 1.29 is 9.50 Å². The van der Waals surface area contributed by atoms with E-state index in [-0.39, 0.29) is 19.0 Å². The van der Waals surface area contributed by atoms with Crippen LogP contribution >= 0.6 is 23.2 Å². The summed E-state index contributed by atoms with van der Waals surface area (Å²) in [6, 6.07) is 9.68. The number of aromatic nitrogens is 2. The highest BCUT2D eigenvalue weighted by atomic mass is 35.5. The van der Waals surface area contributed by atoms with Crippen molar-refractivity contribution in [3.8, 4) is 11.4 Å². The maximum absolute atomic E-state index is 14.0. The third-order valence-electron chi connectivity index (χ3n) is 3.23. The second-order valence-corrected chi connectivity index (χ2v) is 5.36. The van der Waals surface area contributed by atoms with Gasteiger partial charge in [-0.25, -0.2) is 9.37 Å². The van der Waals surface area contributed by atoms with Crippen LogP contribution in [0.2, 0.25) is 10.0 Å². The van der Waals surface area contributed by atoms with Crippen molar-refractivity contribution in [3.05, 3.63) is 52.3 Å². The number of aliphatic hydroxyl groups excluding tert-OH is 1. The topological polar surface area (TPSA) is 38.0 Å². The van der Waals surface area contributed by atoms with Crippen molar-refractivity contribution in [1.29, 1.82) is 0 Å². The minimum Gasteiger partial charge on any atom is -0.395 e. The minimum atomic E-state index is -0.371. The van der Waals surface area contributed by atoms with Crippen molar-refractivity contribution >= 4 is 34.2 Å². The minimum absolute atomic E-state index is 0.0901. The Hall–Kier alpha value is -1.62. The van der Waals surface area contributed by atoms with Crippen LogP contribution < -0.4 is 0 Å². The molecule has 3 nitrogen and oxygen atoms in total. The first kappa shape index (κ1) is 14.3. The predicted molar refractivity (Wildman–Crippen MR) is 82.2 cm³/mol. The highest BCUT2D eigenvalue weighted by Crippen LogP contribution is 2.32. The van der Waals surface area contributed by atoms with Gasteiger partial charge in [-0.2, -0.15) is 0 Å². The van der Waals surface area contributed by atoms with Gasteiger partial charge in [0.25, 0.3) is 0 Å². The standard InChI is InChI=1S/C15H11Cl2FN2O/c16-10-7-13-14(8-11(10)17)20(5-6-21)15(19-13)9-3-1-2-4-12(9)18/h1-4,7-8,21H,5-6H2. The first-order valence-corrected chi connectivity index (χ1v) is 7.08. The van der Waals surface area contributed by atoms with Gasteiger partial charge in [0.1, 0.15) is 11.6 Å². The van der Waals surface area contributed by atoms with Crippen LogP contribution in [0.4, 0.5) is 4.39 Å². The molecule has 0 saturated carbocycles. The molecule has 0 fully saturated rings. The number of aliphatic hydroxyl groups is 1. The van der Waals surface area contributed by atoms with E-state index in [2.05, 4.69) is 4.98 Å². The molecule has 0 amide bonds. The molecule has 21 heavy (non-hydrogen) atoms. The average Bonchev–Trinajstić information content (AvgIpc) is 2.79. The number of hydrogen-bond donors (Lipinski definition) is 1. The van der Waals surface area contributed by atoms with Crippen molar-refractivity contribution in [2.45, 2.75) is 6.54 Å². The summed E-state index contributed by atoms with van der Waals surface area (Å²) in [6.45, 7) is 0.200. The van der Waals surface area contributed by atoms with Gasteiger partial charge in [-0.3, -0.25) is 0 Å². The number of fused-ring (bicyclic) bond motifs is 1. The summed E-state index contributed by atoms with van der Waals surface area (Å²) in [7, 11) is 0. The Morgan fingerprint density at radius 1 is 1.14 bits per heavy atom. The van der Waals surface area contributed by atoms with E-state index in [1.807, 2.05) is 0 Å². The van der Waals surface area contributed by atoms with E-state index in [9.17, 15) is 9.50 Å². The molecule has 1 N–H and O–H groups in total. The fourth-order valence-electron chi connectivity index (χ4n) is 2.29. The number of hydrogen-bond acceptors (Lipinski definition) is 2. The molecule has 1 aromatic heterocycles. The van der Waals surface area contributed by atoms with Crippen LogP contribution in [0.5, 0.6) is 0 Å². The molecule has 108 valence electrons. The second kappa shape index (κ2) is 5.64. The highest BCUT2D eigenvalue weighted by Gasteiger charge is 2.16. The molecule has 1 heterocycles. The molecular weight excluding hydrogens is 314 g/mol. The Bertz CT molecular complexity index is 817. The van der Waals surface area contributed by atoms with E-state index >= 15 is 0 Å². The molecular formula is C15H11Cl2FN2O. The molecule has 0 aliphatic rings. The van der Waals surface area contributed by atoms with Gasteiger partial charge in [0.05, 0.1) is 33.2 Å². The first-order chi connectivity index (χ1) is 10.1. The van der Waals surface area contributed by atoms with Gasteiger partial charge in [-0.05, 0) is 24.3 Å². The third kappa shape index (κ3) is 2.50. The summed E-state index contributed by atoms with van der Waals surface area (Å²) in [5, 5.41) is 10.0. The largest absolute Gasteiger partial charge is 0.395 e. The zero-order valence-electron chi connectivity index (χ0n) is 10.9. The maximum Gasteiger partial charge on any atom is 0.144 e. The lowest BCUT2D eigenvalue weighted by Gasteiger charge is -2.08. The van der Waals surface area contributed by atoms with Gasteiger partial charge in [0.2, 0.25) is 0 Å². The molecule has 0 aliphatic heterocycles. The zero-order chi connectivity index (χ0) is 15.0. The molecule has 0 spiro atoms. The van der Waals surface area contributed by atoms with Gasteiger partial charge in [0.15, 0.2) is 0 Å². The van der Waals surface area contributed by atoms with Crippen LogP contribution in [-0.4, -0.2) is 21.3 Å². The van der Waals surface area contributed by atoms with Gasteiger partial charge in [0, 0.05) is 6.54 Å². The maximum atomic E-state index is 14.0. The van der Waals surface area contributed by atoms with E-state index < -0.39 is 0 Å². The number of benzene rings is 2. The van der Waals surface area contributed by atoms with Crippen molar-refractivity contribution in [2.75, 3.05) is 6.61 Å². The number of imidazole rings is 1. The Labute approximate surface area is 130 Å². The van der Waals surface area contributed by atoms with Crippen molar-refractivity contribution in [3.63, 3.8) is 0 Å². The molecule has 0 aliphatic carbocycles. The highest BCUT2D eigenvalue weighted by molar-refractivity contribution is 6.42. The summed E-state index contributed by atoms with van der Waals surface area (Å²) in [4.78, 5) is 4.43. The normalized spacial score (nSPS) is 11.2. The second-order valence-electron chi connectivity index (χ2n) is 4.55. The van der Waals surface area contributed by atoms with Crippen LogP contribution in [0, 0.1) is 5.82 Å². The SMILES string of the molecule is OCCn1c(-c2ccccc2F)nc2cc(Cl)c(Cl)cc21. The first-order valence-electron chi connectivity index (χ1n) is 6.33. The van der Waals surface area contributed by atoms with Crippen LogP contribution in [-0.2, 0) is 6.54 Å². The Morgan fingerprint density at radius 2 is 1.86 bits per heavy atom. The molecule has 3 rings (SSSR count). The quantitative estimate of drug-likeness (QED) is 0.786. The molecule has 2 aromatic carbocycles. The van der Waals surface area contributed by atoms with Gasteiger partial charge in [-0.15, -0.1) is 0 Å². The van der Waals surface area contributed by atoms with Crippen LogP contribution in [0.1, 0.15) is 0 Å². The van der Waals surface area contributed by atoms with Gasteiger partial charge < -0.3 is 9.67 Å². The molecule has 0 bridgehead atoms. The van der Waals surface area contributed by atoms with E-state index in [1.165, 1.54) is 6.07 Å². The molecule has 3 aromatic rings. The predicted octanol–water partition coefficient (Wildman–Crippen LogP) is 4.14. The fourth-order valence-corrected chi connectivity index (χ4v) is 2.61. The lowest BCUT2D eigenvalue weighted by atomic mass is 10.2. The molecule has 6 heteroatoms. The summed E-state index contributed by atoms with van der Waals surface area (Å²) in [6.07, 6.45) is 0. The van der Waals surface area contributed by atoms with Crippen molar-refractivity contribution in [1.82, 2.24) is 9.55 Å². The smallest absolute Gasteiger partial charge is 0.144 e. The summed E-state index contributed by atoms with van der Waals surface area (Å²) >= 11 is 12.0. The van der Waals surface area contributed by atoms with E-state index in [4.69, 9.17) is 23.2 Å². The lowest BCUT2D eigenvalue weighted by Crippen LogP contribution is -2.05. The summed E-state index contributed by atoms with van der Waals surface area (Å²) < 4.78 is 15.7. The molecule has 0 atom stereocenters. The summed E-state index contributed by atoms with van der Waals surface area (Å²) in [5.41, 5.74) is 1.68. The number of rotatable bonds is 3. The van der Waals surface area contributed by atoms with E-state index in [1.54, 1.807) is 34.9 Å². The molecule has 0 radical (unpaired) electrons. The Kier molecular flexibility index (Phi) is 3.85. The van der Waals surface area contributed by atoms with Crippen LogP contribution in [0.3, 0.4) is 0 Å². The van der Waals surface area contributed by atoms with Crippen LogP contribution in [0.25, 0.3) is 22.4 Å². The molecule has 0 unspecified atom stereocenters. The summed E-state index contributed by atoms with van der Waals surface area (Å²) in [5.74, 6) is 0.0691. The lowest BCUT2D eigenvalue weighted by molar-refractivity contribution is 0.278. The van der Waals surface area contributed by atoms with Gasteiger partial charge >= 0.3 is 0 Å². The fraction of sp³-hybridized carbons (Fsp3) is 0.133. The van der Waals surface area contributed by atoms with E-state index in [0.717, 1.165) is 0 Å².